The van der Waals surface area contributed by atoms with Crippen LogP contribution in [-0.4, -0.2) is 36.7 Å². The molecule has 0 aliphatic heterocycles. The molecule has 37 heavy (non-hydrogen) atoms. The predicted molar refractivity (Wildman–Crippen MR) is 146 cm³/mol. The summed E-state index contributed by atoms with van der Waals surface area (Å²) in [5.41, 5.74) is 6.46. The topological polar surface area (TPSA) is 97.9 Å². The van der Waals surface area contributed by atoms with E-state index in [1.807, 2.05) is 54.6 Å². The molecule has 2 amide bonds. The molecule has 1 unspecified atom stereocenters. The Morgan fingerprint density at radius 2 is 1.46 bits per heavy atom. The van der Waals surface area contributed by atoms with Gasteiger partial charge < -0.3 is 14.2 Å². The van der Waals surface area contributed by atoms with Crippen molar-refractivity contribution in [3.05, 3.63) is 90.0 Å². The zero-order chi connectivity index (χ0) is 26.5. The summed E-state index contributed by atoms with van der Waals surface area (Å²) in [6.45, 7) is 4.76. The summed E-state index contributed by atoms with van der Waals surface area (Å²) < 4.78 is 16.7. The Hall–Kier alpha value is -4.11. The SMILES string of the molecule is CCC(C)c1ccc(OCC(=O)NNC(=S)NC(=O)c2cccc(OCCOc3ccccc3)c2)cc1. The second kappa shape index (κ2) is 14.4. The van der Waals surface area contributed by atoms with Crippen molar-refractivity contribution in [3.63, 3.8) is 0 Å². The van der Waals surface area contributed by atoms with Gasteiger partial charge >= 0.3 is 0 Å². The zero-order valence-electron chi connectivity index (χ0n) is 20.9. The lowest BCUT2D eigenvalue weighted by atomic mass is 9.99. The number of rotatable bonds is 11. The van der Waals surface area contributed by atoms with Crippen LogP contribution in [0.3, 0.4) is 0 Å². The van der Waals surface area contributed by atoms with E-state index in [0.29, 0.717) is 36.2 Å². The lowest BCUT2D eigenvalue weighted by Crippen LogP contribution is -2.49. The van der Waals surface area contributed by atoms with Crippen LogP contribution < -0.4 is 30.4 Å². The van der Waals surface area contributed by atoms with Gasteiger partial charge in [0.1, 0.15) is 30.5 Å². The third-order valence-electron chi connectivity index (χ3n) is 5.43. The van der Waals surface area contributed by atoms with Crippen molar-refractivity contribution in [1.29, 1.82) is 0 Å². The molecule has 8 nitrogen and oxygen atoms in total. The van der Waals surface area contributed by atoms with Gasteiger partial charge in [-0.2, -0.15) is 0 Å². The Bertz CT molecular complexity index is 1170. The fraction of sp³-hybridized carbons (Fsp3) is 0.250. The number of hydrazine groups is 1. The molecule has 0 fully saturated rings. The van der Waals surface area contributed by atoms with Crippen LogP contribution in [0.15, 0.2) is 78.9 Å². The highest BCUT2D eigenvalue weighted by atomic mass is 32.1. The van der Waals surface area contributed by atoms with Crippen molar-refractivity contribution in [1.82, 2.24) is 16.2 Å². The Morgan fingerprint density at radius 1 is 0.811 bits per heavy atom. The summed E-state index contributed by atoms with van der Waals surface area (Å²) in [4.78, 5) is 24.6. The molecule has 0 radical (unpaired) electrons. The van der Waals surface area contributed by atoms with Crippen LogP contribution in [-0.2, 0) is 4.79 Å². The average molecular weight is 522 g/mol. The standard InChI is InChI=1S/C28H31N3O5S/c1-3-20(2)21-12-14-24(15-13-21)36-19-26(32)30-31-28(37)29-27(33)22-8-7-11-25(18-22)35-17-16-34-23-9-5-4-6-10-23/h4-15,18,20H,3,16-17,19H2,1-2H3,(H,30,32)(H2,29,31,33,37). The molecule has 194 valence electrons. The van der Waals surface area contributed by atoms with Crippen molar-refractivity contribution >= 4 is 29.1 Å². The van der Waals surface area contributed by atoms with Gasteiger partial charge in [0.15, 0.2) is 11.7 Å². The van der Waals surface area contributed by atoms with E-state index in [9.17, 15) is 9.59 Å². The highest BCUT2D eigenvalue weighted by Gasteiger charge is 2.10. The van der Waals surface area contributed by atoms with Crippen LogP contribution in [0.1, 0.15) is 42.1 Å². The van der Waals surface area contributed by atoms with Crippen LogP contribution in [0.25, 0.3) is 0 Å². The smallest absolute Gasteiger partial charge is 0.276 e. The van der Waals surface area contributed by atoms with Gasteiger partial charge in [-0.1, -0.05) is 50.2 Å². The van der Waals surface area contributed by atoms with Gasteiger partial charge in [0.05, 0.1) is 0 Å². The van der Waals surface area contributed by atoms with Gasteiger partial charge in [-0.15, -0.1) is 0 Å². The highest BCUT2D eigenvalue weighted by molar-refractivity contribution is 7.80. The molecule has 1 atom stereocenters. The number of nitrogens with one attached hydrogen (secondary N) is 3. The van der Waals surface area contributed by atoms with E-state index < -0.39 is 11.8 Å². The highest BCUT2D eigenvalue weighted by Crippen LogP contribution is 2.21. The van der Waals surface area contributed by atoms with E-state index in [1.54, 1.807) is 24.3 Å². The molecule has 3 aromatic carbocycles. The molecule has 0 saturated carbocycles. The number of ether oxygens (including phenoxy) is 3. The van der Waals surface area contributed by atoms with Gasteiger partial charge in [0.25, 0.3) is 11.8 Å². The Balaban J connectivity index is 1.36. The molecule has 0 spiro atoms. The van der Waals surface area contributed by atoms with E-state index in [0.717, 1.165) is 12.2 Å². The van der Waals surface area contributed by atoms with Crippen molar-refractivity contribution < 1.29 is 23.8 Å². The molecular weight excluding hydrogens is 490 g/mol. The number of thiocarbonyl (C=S) groups is 1. The zero-order valence-corrected chi connectivity index (χ0v) is 21.7. The number of hydrogen-bond donors (Lipinski definition) is 3. The van der Waals surface area contributed by atoms with E-state index in [2.05, 4.69) is 30.0 Å². The fourth-order valence-corrected chi connectivity index (χ4v) is 3.35. The minimum atomic E-state index is -0.449. The Kier molecular flexibility index (Phi) is 10.7. The normalized spacial score (nSPS) is 11.1. The van der Waals surface area contributed by atoms with Gasteiger partial charge in [-0.3, -0.25) is 25.8 Å². The summed E-state index contributed by atoms with van der Waals surface area (Å²) in [5.74, 6) is 1.44. The van der Waals surface area contributed by atoms with Crippen molar-refractivity contribution in [2.45, 2.75) is 26.2 Å². The number of amides is 2. The molecule has 3 rings (SSSR count). The molecule has 9 heteroatoms. The average Bonchev–Trinajstić information content (AvgIpc) is 2.93. The first-order valence-corrected chi connectivity index (χ1v) is 12.4. The maximum atomic E-state index is 12.5. The first-order valence-electron chi connectivity index (χ1n) is 12.0. The molecule has 0 aliphatic rings. The van der Waals surface area contributed by atoms with Gasteiger partial charge in [0.2, 0.25) is 0 Å². The first kappa shape index (κ1) is 27.5. The maximum absolute atomic E-state index is 12.5. The monoisotopic (exact) mass is 521 g/mol. The predicted octanol–water partition coefficient (Wildman–Crippen LogP) is 4.37. The largest absolute Gasteiger partial charge is 0.490 e. The van der Waals surface area contributed by atoms with Crippen molar-refractivity contribution in [2.75, 3.05) is 19.8 Å². The molecule has 0 aromatic heterocycles. The summed E-state index contributed by atoms with van der Waals surface area (Å²) in [6.07, 6.45) is 1.05. The van der Waals surface area contributed by atoms with E-state index in [1.165, 1.54) is 5.56 Å². The number of benzene rings is 3. The minimum Gasteiger partial charge on any atom is -0.490 e. The third-order valence-corrected chi connectivity index (χ3v) is 5.64. The van der Waals surface area contributed by atoms with Crippen molar-refractivity contribution in [2.24, 2.45) is 0 Å². The second-order valence-electron chi connectivity index (χ2n) is 8.16. The molecule has 0 saturated heterocycles. The summed E-state index contributed by atoms with van der Waals surface area (Å²) in [6, 6.07) is 23.7. The van der Waals surface area contributed by atoms with Gasteiger partial charge in [-0.05, 0) is 72.6 Å². The Morgan fingerprint density at radius 3 is 2.16 bits per heavy atom. The molecule has 0 bridgehead atoms. The second-order valence-corrected chi connectivity index (χ2v) is 8.57. The van der Waals surface area contributed by atoms with E-state index in [4.69, 9.17) is 26.4 Å². The minimum absolute atomic E-state index is 0.0566. The number of carbonyl (C=O) groups excluding carboxylic acids is 2. The maximum Gasteiger partial charge on any atom is 0.276 e. The third kappa shape index (κ3) is 9.46. The molecule has 0 aliphatic carbocycles. The van der Waals surface area contributed by atoms with E-state index >= 15 is 0 Å². The van der Waals surface area contributed by atoms with Crippen LogP contribution in [0, 0.1) is 0 Å². The number of para-hydroxylation sites is 1. The molecule has 3 N–H and O–H groups in total. The lowest BCUT2D eigenvalue weighted by Gasteiger charge is -2.13. The first-order chi connectivity index (χ1) is 17.9. The van der Waals surface area contributed by atoms with Crippen molar-refractivity contribution in [3.8, 4) is 17.2 Å². The fourth-order valence-electron chi connectivity index (χ4n) is 3.21. The van der Waals surface area contributed by atoms with Crippen LogP contribution in [0.4, 0.5) is 0 Å². The summed E-state index contributed by atoms with van der Waals surface area (Å²) >= 11 is 5.10. The number of hydrogen-bond acceptors (Lipinski definition) is 6. The molecular formula is C28H31N3O5S. The van der Waals surface area contributed by atoms with Crippen LogP contribution in [0.2, 0.25) is 0 Å². The van der Waals surface area contributed by atoms with Gasteiger partial charge in [-0.25, -0.2) is 0 Å². The quantitative estimate of drug-likeness (QED) is 0.196. The lowest BCUT2D eigenvalue weighted by molar-refractivity contribution is -0.123. The summed E-state index contributed by atoms with van der Waals surface area (Å²) in [5, 5.41) is 2.45. The Labute approximate surface area is 222 Å². The van der Waals surface area contributed by atoms with Gasteiger partial charge in [0, 0.05) is 5.56 Å². The molecule has 0 heterocycles. The van der Waals surface area contributed by atoms with Crippen LogP contribution in [0.5, 0.6) is 17.2 Å². The summed E-state index contributed by atoms with van der Waals surface area (Å²) in [7, 11) is 0. The van der Waals surface area contributed by atoms with Crippen LogP contribution >= 0.6 is 12.2 Å². The molecule has 3 aromatic rings. The number of carbonyl (C=O) groups is 2. The van der Waals surface area contributed by atoms with E-state index in [-0.39, 0.29) is 11.7 Å².